The number of benzene rings is 1. The molecule has 1 N–H and O–H groups in total. The van der Waals surface area contributed by atoms with E-state index in [0.717, 1.165) is 37.3 Å². The molecule has 0 aliphatic heterocycles. The molecule has 3 aromatic rings. The van der Waals surface area contributed by atoms with E-state index < -0.39 is 0 Å². The summed E-state index contributed by atoms with van der Waals surface area (Å²) in [5.74, 6) is 0.393. The monoisotopic (exact) mass is 361 g/mol. The maximum absolute atomic E-state index is 9.34. The van der Waals surface area contributed by atoms with Gasteiger partial charge in [-0.05, 0) is 31.2 Å². The van der Waals surface area contributed by atoms with Gasteiger partial charge >= 0.3 is 0 Å². The fourth-order valence-corrected chi connectivity index (χ4v) is 2.79. The normalized spacial score (nSPS) is 11.7. The molecule has 2 aromatic heterocycles. The van der Waals surface area contributed by atoms with E-state index in [2.05, 4.69) is 21.4 Å². The Morgan fingerprint density at radius 1 is 1.19 bits per heavy atom. The molecule has 1 unspecified atom stereocenters. The zero-order valence-electron chi connectivity index (χ0n) is 15.4. The molecule has 3 rings (SSSR count). The summed E-state index contributed by atoms with van der Waals surface area (Å²) in [6, 6.07) is 15.8. The number of ether oxygens (including phenoxy) is 1. The van der Waals surface area contributed by atoms with Crippen molar-refractivity contribution >= 4 is 0 Å². The van der Waals surface area contributed by atoms with E-state index in [0.29, 0.717) is 11.4 Å². The number of pyridine rings is 1. The zero-order chi connectivity index (χ0) is 18.9. The fraction of sp³-hybridized carbons (Fsp3) is 0.286. The van der Waals surface area contributed by atoms with Gasteiger partial charge < -0.3 is 14.6 Å². The third kappa shape index (κ3) is 5.40. The van der Waals surface area contributed by atoms with Crippen LogP contribution in [-0.4, -0.2) is 27.6 Å². The molecule has 1 atom stereocenters. The average Bonchev–Trinajstić information content (AvgIpc) is 3.21. The van der Waals surface area contributed by atoms with Crippen LogP contribution in [0.3, 0.4) is 0 Å². The molecule has 0 amide bonds. The van der Waals surface area contributed by atoms with E-state index >= 15 is 0 Å². The van der Waals surface area contributed by atoms with Crippen molar-refractivity contribution in [1.29, 1.82) is 5.26 Å². The van der Waals surface area contributed by atoms with Crippen molar-refractivity contribution in [2.75, 3.05) is 13.1 Å². The minimum Gasteiger partial charge on any atom is -0.468 e. The zero-order valence-corrected chi connectivity index (χ0v) is 15.4. The topological polar surface area (TPSA) is 75.8 Å². The lowest BCUT2D eigenvalue weighted by molar-refractivity contribution is 0.185. The smallest absolute Gasteiger partial charge is 0.232 e. The largest absolute Gasteiger partial charge is 0.468 e. The molecule has 27 heavy (non-hydrogen) atoms. The SMILES string of the molecule is Cc1ccc(C#N)c(OC(CCNCCn2ccnc2)c2ccccc2)n1. The van der Waals surface area contributed by atoms with Crippen LogP contribution >= 0.6 is 0 Å². The van der Waals surface area contributed by atoms with Crippen LogP contribution in [0.15, 0.2) is 61.2 Å². The van der Waals surface area contributed by atoms with E-state index in [4.69, 9.17) is 4.74 Å². The summed E-state index contributed by atoms with van der Waals surface area (Å²) in [6.45, 7) is 4.41. The number of nitrogens with one attached hydrogen (secondary N) is 1. The van der Waals surface area contributed by atoms with Gasteiger partial charge in [0.1, 0.15) is 17.7 Å². The first-order valence-electron chi connectivity index (χ1n) is 9.02. The summed E-state index contributed by atoms with van der Waals surface area (Å²) >= 11 is 0. The van der Waals surface area contributed by atoms with Crippen molar-refractivity contribution in [3.05, 3.63) is 78.0 Å². The first kappa shape index (κ1) is 18.6. The third-order valence-electron chi connectivity index (χ3n) is 4.23. The predicted octanol–water partition coefficient (Wildman–Crippen LogP) is 3.26. The summed E-state index contributed by atoms with van der Waals surface area (Å²) in [6.07, 6.45) is 6.14. The molecule has 0 spiro atoms. The van der Waals surface area contributed by atoms with Gasteiger partial charge in [0.15, 0.2) is 0 Å². The van der Waals surface area contributed by atoms with Gasteiger partial charge in [-0.3, -0.25) is 0 Å². The van der Waals surface area contributed by atoms with Crippen LogP contribution in [0.1, 0.15) is 29.3 Å². The van der Waals surface area contributed by atoms with Crippen LogP contribution in [0.5, 0.6) is 5.88 Å². The molecule has 0 bridgehead atoms. The van der Waals surface area contributed by atoms with Crippen molar-refractivity contribution in [1.82, 2.24) is 19.9 Å². The Morgan fingerprint density at radius 2 is 2.04 bits per heavy atom. The van der Waals surface area contributed by atoms with E-state index in [1.165, 1.54) is 0 Å². The van der Waals surface area contributed by atoms with Crippen LogP contribution in [0.25, 0.3) is 0 Å². The van der Waals surface area contributed by atoms with Gasteiger partial charge in [-0.2, -0.15) is 5.26 Å². The second-order valence-electron chi connectivity index (χ2n) is 6.27. The molecule has 0 aliphatic rings. The number of rotatable bonds is 9. The molecule has 2 heterocycles. The van der Waals surface area contributed by atoms with Gasteiger partial charge in [-0.1, -0.05) is 30.3 Å². The fourth-order valence-electron chi connectivity index (χ4n) is 2.79. The Hall–Kier alpha value is -3.17. The van der Waals surface area contributed by atoms with Crippen LogP contribution in [0.4, 0.5) is 0 Å². The summed E-state index contributed by atoms with van der Waals surface area (Å²) < 4.78 is 8.20. The van der Waals surface area contributed by atoms with Crippen LogP contribution in [-0.2, 0) is 6.54 Å². The molecule has 0 fully saturated rings. The van der Waals surface area contributed by atoms with Gasteiger partial charge in [0.25, 0.3) is 0 Å². The number of imidazole rings is 1. The second kappa shape index (κ2) is 9.51. The highest BCUT2D eigenvalue weighted by atomic mass is 16.5. The van der Waals surface area contributed by atoms with Gasteiger partial charge in [0.05, 0.1) is 6.33 Å². The average molecular weight is 361 g/mol. The first-order valence-corrected chi connectivity index (χ1v) is 9.02. The van der Waals surface area contributed by atoms with Gasteiger partial charge in [0, 0.05) is 37.6 Å². The number of aryl methyl sites for hydroxylation is 1. The van der Waals surface area contributed by atoms with Gasteiger partial charge in [-0.15, -0.1) is 0 Å². The van der Waals surface area contributed by atoms with Crippen molar-refractivity contribution in [3.8, 4) is 11.9 Å². The lowest BCUT2D eigenvalue weighted by Crippen LogP contribution is -2.23. The highest BCUT2D eigenvalue weighted by molar-refractivity contribution is 5.39. The second-order valence-corrected chi connectivity index (χ2v) is 6.27. The van der Waals surface area contributed by atoms with Crippen LogP contribution in [0, 0.1) is 18.3 Å². The van der Waals surface area contributed by atoms with Crippen molar-refractivity contribution < 1.29 is 4.74 Å². The molecule has 0 saturated carbocycles. The molecule has 0 aliphatic carbocycles. The first-order chi connectivity index (χ1) is 13.3. The Morgan fingerprint density at radius 3 is 2.78 bits per heavy atom. The number of nitrogens with zero attached hydrogens (tertiary/aromatic N) is 4. The number of hydrogen-bond donors (Lipinski definition) is 1. The molecule has 6 nitrogen and oxygen atoms in total. The maximum atomic E-state index is 9.34. The number of hydrogen-bond acceptors (Lipinski definition) is 5. The van der Waals surface area contributed by atoms with Crippen LogP contribution in [0.2, 0.25) is 0 Å². The molecular weight excluding hydrogens is 338 g/mol. The van der Waals surface area contributed by atoms with Crippen molar-refractivity contribution in [2.45, 2.75) is 26.0 Å². The maximum Gasteiger partial charge on any atom is 0.232 e. The van der Waals surface area contributed by atoms with E-state index in [1.54, 1.807) is 12.3 Å². The van der Waals surface area contributed by atoms with Gasteiger partial charge in [0.2, 0.25) is 5.88 Å². The highest BCUT2D eigenvalue weighted by Crippen LogP contribution is 2.26. The molecule has 0 saturated heterocycles. The molecule has 6 heteroatoms. The minimum atomic E-state index is -0.173. The quantitative estimate of drug-likeness (QED) is 0.592. The molecule has 1 aromatic carbocycles. The van der Waals surface area contributed by atoms with E-state index in [1.807, 2.05) is 60.4 Å². The Bertz CT molecular complexity index is 871. The number of aromatic nitrogens is 3. The summed E-state index contributed by atoms with van der Waals surface area (Å²) in [4.78, 5) is 8.45. The Balaban J connectivity index is 1.63. The Kier molecular flexibility index (Phi) is 6.55. The van der Waals surface area contributed by atoms with Gasteiger partial charge in [-0.25, -0.2) is 9.97 Å². The van der Waals surface area contributed by atoms with Crippen LogP contribution < -0.4 is 10.1 Å². The van der Waals surface area contributed by atoms with Crippen molar-refractivity contribution in [2.24, 2.45) is 0 Å². The van der Waals surface area contributed by atoms with E-state index in [9.17, 15) is 5.26 Å². The van der Waals surface area contributed by atoms with Crippen molar-refractivity contribution in [3.63, 3.8) is 0 Å². The standard InChI is InChI=1S/C21H23N5O/c1-17-7-8-19(15-22)21(25-17)27-20(18-5-3-2-4-6-18)9-10-23-11-13-26-14-12-24-16-26/h2-8,12,14,16,20,23H,9-11,13H2,1H3. The highest BCUT2D eigenvalue weighted by Gasteiger charge is 2.16. The molecular formula is C21H23N5O. The Labute approximate surface area is 159 Å². The predicted molar refractivity (Wildman–Crippen MR) is 103 cm³/mol. The molecule has 138 valence electrons. The minimum absolute atomic E-state index is 0.173. The third-order valence-corrected chi connectivity index (χ3v) is 4.23. The summed E-state index contributed by atoms with van der Waals surface area (Å²) in [7, 11) is 0. The summed E-state index contributed by atoms with van der Waals surface area (Å²) in [5.41, 5.74) is 2.35. The number of nitriles is 1. The molecule has 0 radical (unpaired) electrons. The lowest BCUT2D eigenvalue weighted by Gasteiger charge is -2.20. The summed E-state index contributed by atoms with van der Waals surface area (Å²) in [5, 5.41) is 12.8. The van der Waals surface area contributed by atoms with E-state index in [-0.39, 0.29) is 6.10 Å². The lowest BCUT2D eigenvalue weighted by atomic mass is 10.1.